The predicted molar refractivity (Wildman–Crippen MR) is 73.2 cm³/mol. The van der Waals surface area contributed by atoms with Crippen molar-refractivity contribution in [3.63, 3.8) is 0 Å². The van der Waals surface area contributed by atoms with E-state index in [1.54, 1.807) is 12.1 Å². The van der Waals surface area contributed by atoms with Crippen molar-refractivity contribution in [1.82, 2.24) is 5.32 Å². The summed E-state index contributed by atoms with van der Waals surface area (Å²) in [5.41, 5.74) is 0.290. The lowest BCUT2D eigenvalue weighted by Gasteiger charge is -2.15. The minimum Gasteiger partial charge on any atom is -0.481 e. The molecule has 1 amide bonds. The minimum absolute atomic E-state index is 0.201. The first kappa shape index (κ1) is 14.2. The highest BCUT2D eigenvalue weighted by Gasteiger charge is 2.19. The first-order chi connectivity index (χ1) is 9.56. The van der Waals surface area contributed by atoms with Gasteiger partial charge in [0.25, 0.3) is 5.91 Å². The quantitative estimate of drug-likeness (QED) is 0.891. The van der Waals surface area contributed by atoms with Crippen molar-refractivity contribution in [1.29, 1.82) is 0 Å². The highest BCUT2D eigenvalue weighted by Crippen LogP contribution is 2.22. The van der Waals surface area contributed by atoms with Gasteiger partial charge in [0.1, 0.15) is 5.82 Å². The molecule has 0 aliphatic heterocycles. The molecule has 0 saturated heterocycles. The molecule has 0 bridgehead atoms. The second kappa shape index (κ2) is 6.29. The third-order valence-electron chi connectivity index (χ3n) is 2.68. The van der Waals surface area contributed by atoms with Gasteiger partial charge in [-0.05, 0) is 35.7 Å². The van der Waals surface area contributed by atoms with Crippen LogP contribution < -0.4 is 5.32 Å². The number of hydrogen-bond donors (Lipinski definition) is 2. The number of amides is 1. The van der Waals surface area contributed by atoms with Crippen LogP contribution in [0.4, 0.5) is 4.39 Å². The zero-order chi connectivity index (χ0) is 14.5. The number of carbonyl (C=O) groups is 2. The summed E-state index contributed by atoms with van der Waals surface area (Å²) in [7, 11) is 0. The summed E-state index contributed by atoms with van der Waals surface area (Å²) < 4.78 is 12.8. The van der Waals surface area contributed by atoms with E-state index in [1.165, 1.54) is 35.6 Å². The number of aliphatic carboxylic acids is 1. The van der Waals surface area contributed by atoms with Gasteiger partial charge in [-0.3, -0.25) is 9.59 Å². The van der Waals surface area contributed by atoms with Gasteiger partial charge in [0.15, 0.2) is 0 Å². The number of halogens is 1. The first-order valence-electron chi connectivity index (χ1n) is 5.88. The third-order valence-corrected chi connectivity index (χ3v) is 3.66. The Labute approximate surface area is 118 Å². The number of rotatable bonds is 5. The molecule has 0 spiro atoms. The molecule has 0 saturated carbocycles. The monoisotopic (exact) mass is 293 g/mol. The second-order valence-corrected chi connectivity index (χ2v) is 5.13. The zero-order valence-corrected chi connectivity index (χ0v) is 11.2. The summed E-state index contributed by atoms with van der Waals surface area (Å²) in [4.78, 5) is 23.7. The highest BCUT2D eigenvalue weighted by molar-refractivity contribution is 7.10. The zero-order valence-electron chi connectivity index (χ0n) is 10.4. The van der Waals surface area contributed by atoms with Gasteiger partial charge in [0, 0.05) is 10.4 Å². The predicted octanol–water partition coefficient (Wildman–Crippen LogP) is 2.83. The summed E-state index contributed by atoms with van der Waals surface area (Å²) >= 11 is 1.37. The Morgan fingerprint density at radius 1 is 1.25 bits per heavy atom. The topological polar surface area (TPSA) is 66.4 Å². The maximum absolute atomic E-state index is 12.8. The van der Waals surface area contributed by atoms with Crippen LogP contribution in [0.1, 0.15) is 27.7 Å². The lowest BCUT2D eigenvalue weighted by Crippen LogP contribution is -2.29. The van der Waals surface area contributed by atoms with Crippen molar-refractivity contribution < 1.29 is 19.1 Å². The number of nitrogens with one attached hydrogen (secondary N) is 1. The van der Waals surface area contributed by atoms with Crippen molar-refractivity contribution in [2.45, 2.75) is 12.5 Å². The third kappa shape index (κ3) is 3.64. The fraction of sp³-hybridized carbons (Fsp3) is 0.143. The Balaban J connectivity index is 2.13. The Bertz CT molecular complexity index is 595. The van der Waals surface area contributed by atoms with Gasteiger partial charge in [-0.1, -0.05) is 6.07 Å². The molecular weight excluding hydrogens is 281 g/mol. The van der Waals surface area contributed by atoms with Crippen LogP contribution in [-0.4, -0.2) is 17.0 Å². The molecule has 2 N–H and O–H groups in total. The minimum atomic E-state index is -0.997. The fourth-order valence-electron chi connectivity index (χ4n) is 1.73. The van der Waals surface area contributed by atoms with E-state index < -0.39 is 23.7 Å². The highest BCUT2D eigenvalue weighted by atomic mass is 32.1. The van der Waals surface area contributed by atoms with Gasteiger partial charge in [-0.15, -0.1) is 11.3 Å². The van der Waals surface area contributed by atoms with E-state index in [0.29, 0.717) is 5.56 Å². The summed E-state index contributed by atoms with van der Waals surface area (Å²) in [6.07, 6.45) is -0.201. The van der Waals surface area contributed by atoms with Crippen LogP contribution in [0.25, 0.3) is 0 Å². The first-order valence-corrected chi connectivity index (χ1v) is 6.76. The van der Waals surface area contributed by atoms with Crippen LogP contribution in [0, 0.1) is 5.82 Å². The van der Waals surface area contributed by atoms with Gasteiger partial charge in [0.2, 0.25) is 0 Å². The van der Waals surface area contributed by atoms with E-state index in [1.807, 2.05) is 5.38 Å². The lowest BCUT2D eigenvalue weighted by atomic mass is 10.1. The molecule has 4 nitrogen and oxygen atoms in total. The Hall–Kier alpha value is -2.21. The number of benzene rings is 1. The molecule has 0 aliphatic rings. The Morgan fingerprint density at radius 2 is 1.95 bits per heavy atom. The number of thiophene rings is 1. The van der Waals surface area contributed by atoms with Crippen molar-refractivity contribution in [3.05, 3.63) is 58.0 Å². The summed E-state index contributed by atoms with van der Waals surface area (Å²) in [6.45, 7) is 0. The van der Waals surface area contributed by atoms with Crippen molar-refractivity contribution in [2.24, 2.45) is 0 Å². The molecule has 1 atom stereocenters. The standard InChI is InChI=1S/C14H12FNO3S/c15-10-5-3-9(4-6-10)14(19)16-11(8-13(17)18)12-2-1-7-20-12/h1-7,11H,8H2,(H,16,19)(H,17,18)/t11-/m0/s1. The van der Waals surface area contributed by atoms with Crippen LogP contribution in [0.2, 0.25) is 0 Å². The van der Waals surface area contributed by atoms with Crippen molar-refractivity contribution >= 4 is 23.2 Å². The molecule has 1 aromatic heterocycles. The Morgan fingerprint density at radius 3 is 2.50 bits per heavy atom. The van der Waals surface area contributed by atoms with E-state index in [2.05, 4.69) is 5.32 Å². The molecule has 2 rings (SSSR count). The summed E-state index contributed by atoms with van der Waals surface area (Å²) in [6, 6.07) is 8.05. The molecule has 6 heteroatoms. The smallest absolute Gasteiger partial charge is 0.305 e. The van der Waals surface area contributed by atoms with Crippen molar-refractivity contribution in [3.8, 4) is 0 Å². The molecule has 2 aromatic rings. The number of hydrogen-bond acceptors (Lipinski definition) is 3. The van der Waals surface area contributed by atoms with Crippen LogP contribution in [0.3, 0.4) is 0 Å². The van der Waals surface area contributed by atoms with E-state index in [4.69, 9.17) is 5.11 Å². The van der Waals surface area contributed by atoms with Gasteiger partial charge in [-0.2, -0.15) is 0 Å². The fourth-order valence-corrected chi connectivity index (χ4v) is 2.51. The molecule has 1 heterocycles. The largest absolute Gasteiger partial charge is 0.481 e. The van der Waals surface area contributed by atoms with Crippen LogP contribution in [0.5, 0.6) is 0 Å². The van der Waals surface area contributed by atoms with E-state index in [-0.39, 0.29) is 6.42 Å². The van der Waals surface area contributed by atoms with Gasteiger partial charge in [-0.25, -0.2) is 4.39 Å². The molecule has 0 fully saturated rings. The molecule has 104 valence electrons. The molecule has 0 radical (unpaired) electrons. The van der Waals surface area contributed by atoms with Crippen LogP contribution in [-0.2, 0) is 4.79 Å². The maximum atomic E-state index is 12.8. The van der Waals surface area contributed by atoms with Crippen molar-refractivity contribution in [2.75, 3.05) is 0 Å². The number of carboxylic acids is 1. The van der Waals surface area contributed by atoms with Gasteiger partial charge >= 0.3 is 5.97 Å². The molecule has 0 aliphatic carbocycles. The number of carbonyl (C=O) groups excluding carboxylic acids is 1. The molecule has 20 heavy (non-hydrogen) atoms. The maximum Gasteiger partial charge on any atom is 0.305 e. The van der Waals surface area contributed by atoms with Crippen LogP contribution in [0.15, 0.2) is 41.8 Å². The van der Waals surface area contributed by atoms with E-state index in [9.17, 15) is 14.0 Å². The molecule has 1 aromatic carbocycles. The summed E-state index contributed by atoms with van der Waals surface area (Å²) in [5, 5.41) is 13.4. The molecular formula is C14H12FNO3S. The van der Waals surface area contributed by atoms with E-state index in [0.717, 1.165) is 4.88 Å². The molecule has 0 unspecified atom stereocenters. The average Bonchev–Trinajstić information content (AvgIpc) is 2.92. The average molecular weight is 293 g/mol. The SMILES string of the molecule is O=C(O)C[C@H](NC(=O)c1ccc(F)cc1)c1cccs1. The lowest BCUT2D eigenvalue weighted by molar-refractivity contribution is -0.137. The summed E-state index contributed by atoms with van der Waals surface area (Å²) in [5.74, 6) is -1.85. The number of carboxylic acid groups (broad SMARTS) is 1. The van der Waals surface area contributed by atoms with Crippen LogP contribution >= 0.6 is 11.3 Å². The second-order valence-electron chi connectivity index (χ2n) is 4.15. The van der Waals surface area contributed by atoms with E-state index >= 15 is 0 Å². The van der Waals surface area contributed by atoms with Gasteiger partial charge in [0.05, 0.1) is 12.5 Å². The Kier molecular flexibility index (Phi) is 4.47. The normalized spacial score (nSPS) is 11.8. The van der Waals surface area contributed by atoms with Gasteiger partial charge < -0.3 is 10.4 Å².